The zero-order chi connectivity index (χ0) is 13.8. The van der Waals surface area contributed by atoms with Crippen molar-refractivity contribution in [2.45, 2.75) is 33.6 Å². The average Bonchev–Trinajstić information content (AvgIpc) is 2.34. The fraction of sp³-hybridized carbons (Fsp3) is 0.533. The van der Waals surface area contributed by atoms with Crippen LogP contribution >= 0.6 is 11.6 Å². The van der Waals surface area contributed by atoms with E-state index in [1.165, 1.54) is 0 Å². The largest absolute Gasteiger partial charge is 0.352 e. The molecular weight excluding hydrogens is 246 g/mol. The van der Waals surface area contributed by atoms with Gasteiger partial charge < -0.3 is 5.32 Å². The average molecular weight is 268 g/mol. The van der Waals surface area contributed by atoms with Crippen LogP contribution in [0.5, 0.6) is 0 Å². The zero-order valence-electron chi connectivity index (χ0n) is 11.6. The summed E-state index contributed by atoms with van der Waals surface area (Å²) in [6.45, 7) is 9.38. The van der Waals surface area contributed by atoms with Crippen LogP contribution < -0.4 is 5.32 Å². The van der Waals surface area contributed by atoms with Crippen molar-refractivity contribution in [3.63, 3.8) is 0 Å². The molecule has 0 heterocycles. The lowest BCUT2D eigenvalue weighted by atomic mass is 9.82. The van der Waals surface area contributed by atoms with Crippen molar-refractivity contribution in [1.29, 1.82) is 0 Å². The second-order valence-corrected chi connectivity index (χ2v) is 6.07. The molecule has 0 radical (unpaired) electrons. The molecule has 0 fully saturated rings. The van der Waals surface area contributed by atoms with Crippen LogP contribution in [0.15, 0.2) is 24.3 Å². The number of hydrogen-bond donors (Lipinski definition) is 1. The smallest absolute Gasteiger partial charge is 0.251 e. The van der Waals surface area contributed by atoms with Gasteiger partial charge in [-0.3, -0.25) is 4.79 Å². The topological polar surface area (TPSA) is 29.1 Å². The third kappa shape index (κ3) is 4.34. The highest BCUT2D eigenvalue weighted by atomic mass is 35.5. The van der Waals surface area contributed by atoms with E-state index in [9.17, 15) is 4.79 Å². The lowest BCUT2D eigenvalue weighted by Crippen LogP contribution is -2.33. The highest BCUT2D eigenvalue weighted by molar-refractivity contribution is 6.17. The highest BCUT2D eigenvalue weighted by Crippen LogP contribution is 2.24. The molecule has 100 valence electrons. The van der Waals surface area contributed by atoms with Gasteiger partial charge in [0.05, 0.1) is 0 Å². The summed E-state index contributed by atoms with van der Waals surface area (Å²) < 4.78 is 0. The zero-order valence-corrected chi connectivity index (χ0v) is 12.3. The number of nitrogens with one attached hydrogen (secondary N) is 1. The molecule has 1 rings (SSSR count). The summed E-state index contributed by atoms with van der Waals surface area (Å²) in [5.41, 5.74) is 1.91. The maximum absolute atomic E-state index is 11.9. The third-order valence-electron chi connectivity index (χ3n) is 3.42. The van der Waals surface area contributed by atoms with Gasteiger partial charge in [-0.15, -0.1) is 11.6 Å². The van der Waals surface area contributed by atoms with Gasteiger partial charge in [0.1, 0.15) is 0 Å². The Hall–Kier alpha value is -1.02. The van der Waals surface area contributed by atoms with Crippen molar-refractivity contribution < 1.29 is 4.79 Å². The molecule has 0 spiro atoms. The lowest BCUT2D eigenvalue weighted by molar-refractivity contribution is 0.0937. The fourth-order valence-electron chi connectivity index (χ4n) is 1.40. The molecule has 3 heteroatoms. The molecule has 1 N–H and O–H groups in total. The van der Waals surface area contributed by atoms with Crippen molar-refractivity contribution in [3.8, 4) is 0 Å². The summed E-state index contributed by atoms with van der Waals surface area (Å²) >= 11 is 5.71. The van der Waals surface area contributed by atoms with E-state index in [0.717, 1.165) is 5.56 Å². The number of alkyl halides is 1. The Bertz CT molecular complexity index is 392. The summed E-state index contributed by atoms with van der Waals surface area (Å²) in [7, 11) is 0. The van der Waals surface area contributed by atoms with Gasteiger partial charge in [0, 0.05) is 18.0 Å². The second-order valence-electron chi connectivity index (χ2n) is 5.81. The van der Waals surface area contributed by atoms with Crippen molar-refractivity contribution in [2.75, 3.05) is 6.54 Å². The molecule has 1 unspecified atom stereocenters. The van der Waals surface area contributed by atoms with E-state index in [-0.39, 0.29) is 11.3 Å². The van der Waals surface area contributed by atoms with Crippen LogP contribution in [0.1, 0.15) is 43.6 Å². The van der Waals surface area contributed by atoms with E-state index in [0.29, 0.717) is 23.9 Å². The Morgan fingerprint density at radius 2 is 1.83 bits per heavy atom. The second kappa shape index (κ2) is 6.24. The molecule has 18 heavy (non-hydrogen) atoms. The molecule has 0 aliphatic heterocycles. The minimum Gasteiger partial charge on any atom is -0.352 e. The first-order valence-electron chi connectivity index (χ1n) is 6.27. The Kier molecular flexibility index (Phi) is 5.21. The van der Waals surface area contributed by atoms with Crippen LogP contribution in [0.4, 0.5) is 0 Å². The Morgan fingerprint density at radius 1 is 1.28 bits per heavy atom. The molecule has 1 amide bonds. The summed E-state index contributed by atoms with van der Waals surface area (Å²) in [6, 6.07) is 7.40. The standard InChI is InChI=1S/C15H22ClNO/c1-11(15(2,3)4)10-17-14(18)13-7-5-12(9-16)6-8-13/h5-8,11H,9-10H2,1-4H3,(H,17,18). The molecular formula is C15H22ClNO. The van der Waals surface area contributed by atoms with Crippen LogP contribution in [0.3, 0.4) is 0 Å². The first-order chi connectivity index (χ1) is 8.34. The molecule has 1 atom stereocenters. The quantitative estimate of drug-likeness (QED) is 0.825. The Morgan fingerprint density at radius 3 is 2.28 bits per heavy atom. The summed E-state index contributed by atoms with van der Waals surface area (Å²) in [5.74, 6) is 0.888. The molecule has 0 bridgehead atoms. The lowest BCUT2D eigenvalue weighted by Gasteiger charge is -2.27. The molecule has 1 aromatic carbocycles. The number of benzene rings is 1. The minimum atomic E-state index is -0.0211. The number of hydrogen-bond acceptors (Lipinski definition) is 1. The minimum absolute atomic E-state index is 0.0211. The number of rotatable bonds is 4. The van der Waals surface area contributed by atoms with Gasteiger partial charge in [0.2, 0.25) is 0 Å². The predicted molar refractivity (Wildman–Crippen MR) is 77.0 cm³/mol. The molecule has 0 saturated carbocycles. The van der Waals surface area contributed by atoms with E-state index >= 15 is 0 Å². The van der Waals surface area contributed by atoms with Gasteiger partial charge in [0.25, 0.3) is 5.91 Å². The van der Waals surface area contributed by atoms with Gasteiger partial charge in [0.15, 0.2) is 0 Å². The number of carbonyl (C=O) groups is 1. The molecule has 0 aliphatic rings. The summed E-state index contributed by atoms with van der Waals surface area (Å²) in [5, 5.41) is 2.97. The van der Waals surface area contributed by atoms with Gasteiger partial charge in [-0.05, 0) is 29.0 Å². The maximum atomic E-state index is 11.9. The third-order valence-corrected chi connectivity index (χ3v) is 3.73. The van der Waals surface area contributed by atoms with Crippen molar-refractivity contribution in [2.24, 2.45) is 11.3 Å². The van der Waals surface area contributed by atoms with Crippen LogP contribution in [0.2, 0.25) is 0 Å². The van der Waals surface area contributed by atoms with E-state index in [4.69, 9.17) is 11.6 Å². The molecule has 1 aromatic rings. The van der Waals surface area contributed by atoms with E-state index in [1.54, 1.807) is 0 Å². The van der Waals surface area contributed by atoms with Crippen LogP contribution in [-0.2, 0) is 5.88 Å². The van der Waals surface area contributed by atoms with Crippen molar-refractivity contribution >= 4 is 17.5 Å². The normalized spacial score (nSPS) is 13.2. The molecule has 0 aromatic heterocycles. The van der Waals surface area contributed by atoms with Crippen molar-refractivity contribution in [3.05, 3.63) is 35.4 Å². The van der Waals surface area contributed by atoms with Gasteiger partial charge in [-0.25, -0.2) is 0 Å². The number of amides is 1. The molecule has 2 nitrogen and oxygen atoms in total. The Labute approximate surface area is 115 Å². The van der Waals surface area contributed by atoms with Gasteiger partial charge >= 0.3 is 0 Å². The highest BCUT2D eigenvalue weighted by Gasteiger charge is 2.20. The van der Waals surface area contributed by atoms with Crippen LogP contribution in [-0.4, -0.2) is 12.5 Å². The predicted octanol–water partition coefficient (Wildman–Crippen LogP) is 3.84. The van der Waals surface area contributed by atoms with E-state index in [2.05, 4.69) is 33.0 Å². The Balaban J connectivity index is 2.55. The molecule has 0 aliphatic carbocycles. The first kappa shape index (κ1) is 15.0. The maximum Gasteiger partial charge on any atom is 0.251 e. The summed E-state index contributed by atoms with van der Waals surface area (Å²) in [6.07, 6.45) is 0. The van der Waals surface area contributed by atoms with Gasteiger partial charge in [-0.1, -0.05) is 39.8 Å². The fourth-order valence-corrected chi connectivity index (χ4v) is 1.58. The van der Waals surface area contributed by atoms with Crippen molar-refractivity contribution in [1.82, 2.24) is 5.32 Å². The van der Waals surface area contributed by atoms with Crippen LogP contribution in [0, 0.1) is 11.3 Å². The van der Waals surface area contributed by atoms with Crippen LogP contribution in [0.25, 0.3) is 0 Å². The van der Waals surface area contributed by atoms with E-state index in [1.807, 2.05) is 24.3 Å². The SMILES string of the molecule is CC(CNC(=O)c1ccc(CCl)cc1)C(C)(C)C. The molecule has 0 saturated heterocycles. The first-order valence-corrected chi connectivity index (χ1v) is 6.81. The monoisotopic (exact) mass is 267 g/mol. The summed E-state index contributed by atoms with van der Waals surface area (Å²) in [4.78, 5) is 11.9. The van der Waals surface area contributed by atoms with E-state index < -0.39 is 0 Å². The van der Waals surface area contributed by atoms with Gasteiger partial charge in [-0.2, -0.15) is 0 Å². The number of halogens is 1. The number of carbonyl (C=O) groups excluding carboxylic acids is 1.